The maximum absolute atomic E-state index is 12.4. The predicted octanol–water partition coefficient (Wildman–Crippen LogP) is 4.69. The Morgan fingerprint density at radius 3 is 2.08 bits per heavy atom. The van der Waals surface area contributed by atoms with Crippen LogP contribution in [-0.2, 0) is 19.2 Å². The Labute approximate surface area is 228 Å². The lowest BCUT2D eigenvalue weighted by atomic mass is 9.92. The Balaban J connectivity index is 2.14. The maximum Gasteiger partial charge on any atom is 0.261 e. The predicted molar refractivity (Wildman–Crippen MR) is 149 cm³/mol. The fourth-order valence-corrected chi connectivity index (χ4v) is 6.46. The second kappa shape index (κ2) is 10.7. The highest BCUT2D eigenvalue weighted by atomic mass is 35.7. The van der Waals surface area contributed by atoms with E-state index in [1.54, 1.807) is 0 Å². The molecule has 202 valence electrons. The first-order chi connectivity index (χ1) is 17.9. The molecule has 38 heavy (non-hydrogen) atoms. The van der Waals surface area contributed by atoms with Gasteiger partial charge in [-0.15, -0.1) is 0 Å². The van der Waals surface area contributed by atoms with Crippen molar-refractivity contribution in [2.45, 2.75) is 50.3 Å². The van der Waals surface area contributed by atoms with E-state index >= 15 is 0 Å². The molecule has 3 aromatic carbocycles. The van der Waals surface area contributed by atoms with Gasteiger partial charge in [-0.05, 0) is 68.3 Å². The zero-order valence-corrected chi connectivity index (χ0v) is 24.0. The molecule has 7 nitrogen and oxygen atoms in total. The zero-order valence-electron chi connectivity index (χ0n) is 21.6. The third-order valence-electron chi connectivity index (χ3n) is 6.87. The fourth-order valence-electron chi connectivity index (χ4n) is 4.90. The first-order valence-corrected chi connectivity index (χ1v) is 16.1. The minimum absolute atomic E-state index is 0.0772. The Bertz CT molecular complexity index is 1740. The van der Waals surface area contributed by atoms with Crippen molar-refractivity contribution >= 4 is 46.7 Å². The summed E-state index contributed by atoms with van der Waals surface area (Å²) in [4.78, 5) is 1.02. The van der Waals surface area contributed by atoms with E-state index < -0.39 is 29.0 Å². The summed E-state index contributed by atoms with van der Waals surface area (Å²) in [6.07, 6.45) is 1.73. The lowest BCUT2D eigenvalue weighted by molar-refractivity contribution is 0.461. The molecule has 0 aromatic heterocycles. The molecule has 0 saturated heterocycles. The number of halogens is 1. The van der Waals surface area contributed by atoms with Crippen LogP contribution < -0.4 is 20.1 Å². The van der Waals surface area contributed by atoms with Crippen LogP contribution in [-0.4, -0.2) is 34.5 Å². The van der Waals surface area contributed by atoms with Gasteiger partial charge in [0.15, 0.2) is 0 Å². The van der Waals surface area contributed by atoms with Crippen molar-refractivity contribution in [1.82, 2.24) is 0 Å². The van der Waals surface area contributed by atoms with Crippen molar-refractivity contribution in [2.24, 2.45) is 0 Å². The van der Waals surface area contributed by atoms with Crippen molar-refractivity contribution in [3.8, 4) is 11.5 Å². The van der Waals surface area contributed by atoms with Crippen LogP contribution in [0.4, 0.5) is 5.69 Å². The van der Waals surface area contributed by atoms with Gasteiger partial charge in [0.05, 0.1) is 9.79 Å². The number of benzene rings is 3. The molecule has 3 aromatic rings. The van der Waals surface area contributed by atoms with Gasteiger partial charge in [0.1, 0.15) is 21.6 Å². The summed E-state index contributed by atoms with van der Waals surface area (Å²) in [7, 11) is -3.87. The summed E-state index contributed by atoms with van der Waals surface area (Å²) in [5, 5.41) is 1.60. The maximum atomic E-state index is 12.4. The average Bonchev–Trinajstić information content (AvgIpc) is 2.87. The number of hydrogen-bond acceptors (Lipinski definition) is 7. The van der Waals surface area contributed by atoms with Crippen molar-refractivity contribution in [3.05, 3.63) is 76.2 Å². The van der Waals surface area contributed by atoms with Gasteiger partial charge in [0, 0.05) is 57.4 Å². The van der Waals surface area contributed by atoms with Crippen LogP contribution in [0.5, 0.6) is 11.5 Å². The lowest BCUT2D eigenvalue weighted by Crippen LogP contribution is -2.24. The number of rotatable bonds is 8. The third kappa shape index (κ3) is 5.33. The molecule has 10 heteroatoms. The molecular weight excluding hydrogens is 546 g/mol. The van der Waals surface area contributed by atoms with Crippen LogP contribution in [0, 0.1) is 0 Å². The highest BCUT2D eigenvalue weighted by molar-refractivity contribution is 8.13. The van der Waals surface area contributed by atoms with Gasteiger partial charge in [-0.2, -0.15) is 0 Å². The minimum Gasteiger partial charge on any atom is -0.744 e. The Morgan fingerprint density at radius 1 is 0.842 bits per heavy atom. The molecule has 4 rings (SSSR count). The van der Waals surface area contributed by atoms with E-state index in [1.807, 2.05) is 50.2 Å². The second-order valence-electron chi connectivity index (χ2n) is 8.90. The summed E-state index contributed by atoms with van der Waals surface area (Å²) < 4.78 is 67.5. The molecule has 0 N–H and O–H groups in total. The van der Waals surface area contributed by atoms with E-state index in [4.69, 9.17) is 15.4 Å². The summed E-state index contributed by atoms with van der Waals surface area (Å²) >= 11 is 0. The van der Waals surface area contributed by atoms with E-state index in [2.05, 4.69) is 18.7 Å². The fraction of sp³-hybridized carbons (Fsp3) is 0.286. The summed E-state index contributed by atoms with van der Waals surface area (Å²) in [5.41, 5.74) is 3.29. The molecule has 0 spiro atoms. The van der Waals surface area contributed by atoms with E-state index in [9.17, 15) is 21.4 Å². The van der Waals surface area contributed by atoms with Gasteiger partial charge >= 0.3 is 0 Å². The Kier molecular flexibility index (Phi) is 7.95. The summed E-state index contributed by atoms with van der Waals surface area (Å²) in [6.45, 7) is 9.83. The van der Waals surface area contributed by atoms with Gasteiger partial charge in [-0.25, -0.2) is 16.8 Å². The summed E-state index contributed by atoms with van der Waals surface area (Å²) in [6, 6.07) is 14.7. The number of fused-ring (bicyclic) bond motifs is 2. The SMILES string of the molecule is CCC(CC)=c1ccc2c(c1)Oc1cc(N(CC)CC)ccc1C=2c1ccc(S(=O)(=O)Cl)cc1S(=O)(=O)[O-]. The van der Waals surface area contributed by atoms with E-state index in [0.717, 1.165) is 42.9 Å². The van der Waals surface area contributed by atoms with Gasteiger partial charge in [0.2, 0.25) is 0 Å². The zero-order chi connectivity index (χ0) is 27.8. The van der Waals surface area contributed by atoms with Gasteiger partial charge < -0.3 is 14.2 Å². The first kappa shape index (κ1) is 28.2. The molecule has 0 radical (unpaired) electrons. The van der Waals surface area contributed by atoms with Crippen molar-refractivity contribution in [1.29, 1.82) is 0 Å². The van der Waals surface area contributed by atoms with Gasteiger partial charge in [-0.1, -0.05) is 31.6 Å². The molecule has 0 atom stereocenters. The van der Waals surface area contributed by atoms with Crippen molar-refractivity contribution < 1.29 is 26.1 Å². The molecule has 0 unspecified atom stereocenters. The van der Waals surface area contributed by atoms with Crippen LogP contribution in [0.15, 0.2) is 64.4 Å². The normalized spacial score (nSPS) is 12.9. The standard InChI is InChI=1S/C28H30ClNO6S2/c1-5-18(6-2)19-9-12-22-25(15-19)36-26-16-20(30(7-3)8-4)10-13-23(26)28(22)24-14-11-21(37(29,31)32)17-27(24)38(33,34)35/h9-17H,5-8H2,1-4H3,(H,33,34,35)/p-1. The van der Waals surface area contributed by atoms with Crippen LogP contribution in [0.2, 0.25) is 0 Å². The number of nitrogens with zero attached hydrogens (tertiary/aromatic N) is 1. The van der Waals surface area contributed by atoms with Gasteiger partial charge in [0.25, 0.3) is 9.05 Å². The van der Waals surface area contributed by atoms with Crippen molar-refractivity contribution in [2.75, 3.05) is 18.0 Å². The van der Waals surface area contributed by atoms with E-state index in [0.29, 0.717) is 27.9 Å². The smallest absolute Gasteiger partial charge is 0.261 e. The minimum atomic E-state index is -5.08. The Morgan fingerprint density at radius 2 is 1.50 bits per heavy atom. The lowest BCUT2D eigenvalue weighted by Gasteiger charge is -2.27. The first-order valence-electron chi connectivity index (χ1n) is 12.4. The highest BCUT2D eigenvalue weighted by Gasteiger charge is 2.26. The second-order valence-corrected chi connectivity index (χ2v) is 12.8. The highest BCUT2D eigenvalue weighted by Crippen LogP contribution is 2.40. The monoisotopic (exact) mass is 574 g/mol. The molecule has 0 fully saturated rings. The van der Waals surface area contributed by atoms with E-state index in [1.165, 1.54) is 17.7 Å². The number of anilines is 1. The molecule has 1 aliphatic heterocycles. The topological polar surface area (TPSA) is 104 Å². The number of hydrogen-bond donors (Lipinski definition) is 0. The van der Waals surface area contributed by atoms with Crippen LogP contribution in [0.3, 0.4) is 0 Å². The largest absolute Gasteiger partial charge is 0.744 e. The summed E-state index contributed by atoms with van der Waals surface area (Å²) in [5.74, 6) is 1.02. The van der Waals surface area contributed by atoms with Gasteiger partial charge in [-0.3, -0.25) is 0 Å². The third-order valence-corrected chi connectivity index (χ3v) is 9.10. The number of ether oxygens (including phenoxy) is 1. The quantitative estimate of drug-likeness (QED) is 0.222. The van der Waals surface area contributed by atoms with E-state index in [-0.39, 0.29) is 5.56 Å². The molecule has 0 bridgehead atoms. The van der Waals surface area contributed by atoms with Crippen LogP contribution in [0.25, 0.3) is 11.1 Å². The average molecular weight is 575 g/mol. The molecule has 0 aliphatic carbocycles. The van der Waals surface area contributed by atoms with Crippen LogP contribution in [0.1, 0.15) is 51.7 Å². The molecule has 1 heterocycles. The Hall–Kier alpha value is -2.85. The molecule has 0 amide bonds. The van der Waals surface area contributed by atoms with Crippen LogP contribution >= 0.6 is 10.7 Å². The van der Waals surface area contributed by atoms with Crippen molar-refractivity contribution in [3.63, 3.8) is 0 Å². The molecule has 0 saturated carbocycles. The molecule has 1 aliphatic rings. The molecular formula is C28H29ClNO6S2-.